The van der Waals surface area contributed by atoms with E-state index in [1.807, 2.05) is 0 Å². The van der Waals surface area contributed by atoms with Crippen molar-refractivity contribution in [2.75, 3.05) is 19.6 Å². The van der Waals surface area contributed by atoms with Gasteiger partial charge in [-0.1, -0.05) is 11.6 Å². The lowest BCUT2D eigenvalue weighted by Gasteiger charge is -2.22. The molecule has 1 aliphatic rings. The number of carbonyl (C=O) groups excluding carboxylic acids is 1. The summed E-state index contributed by atoms with van der Waals surface area (Å²) < 4.78 is 0. The third kappa shape index (κ3) is 4.12. The van der Waals surface area contributed by atoms with Crippen molar-refractivity contribution >= 4 is 29.9 Å². The minimum absolute atomic E-state index is 0. The summed E-state index contributed by atoms with van der Waals surface area (Å²) in [5.41, 5.74) is 0.447. The number of piperidine rings is 1. The Morgan fingerprint density at radius 2 is 2.22 bits per heavy atom. The highest BCUT2D eigenvalue weighted by Gasteiger charge is 2.15. The second-order valence-corrected chi connectivity index (χ2v) is 4.60. The smallest absolute Gasteiger partial charge is 0.254 e. The van der Waals surface area contributed by atoms with E-state index in [-0.39, 0.29) is 23.5 Å². The number of hydrogen-bond acceptors (Lipinski definition) is 3. The van der Waals surface area contributed by atoms with Crippen molar-refractivity contribution in [2.45, 2.75) is 12.8 Å². The lowest BCUT2D eigenvalue weighted by Crippen LogP contribution is -2.36. The van der Waals surface area contributed by atoms with E-state index in [1.54, 1.807) is 18.3 Å². The number of pyridine rings is 1. The molecule has 0 radical (unpaired) electrons. The zero-order chi connectivity index (χ0) is 12.1. The van der Waals surface area contributed by atoms with E-state index < -0.39 is 0 Å². The maximum Gasteiger partial charge on any atom is 0.254 e. The molecule has 1 amide bonds. The number of aromatic nitrogens is 1. The van der Waals surface area contributed by atoms with Gasteiger partial charge < -0.3 is 10.6 Å². The number of halogens is 2. The first-order valence-corrected chi connectivity index (χ1v) is 6.24. The standard InChI is InChI=1S/C12H16ClN3O.ClH/c13-11-10(2-1-5-15-11)12(17)16-8-9-3-6-14-7-4-9;/h1-2,5,9,14H,3-4,6-8H2,(H,16,17);1H. The predicted molar refractivity (Wildman–Crippen MR) is 74.4 cm³/mol. The summed E-state index contributed by atoms with van der Waals surface area (Å²) in [7, 11) is 0. The van der Waals surface area contributed by atoms with Crippen LogP contribution >= 0.6 is 24.0 Å². The van der Waals surface area contributed by atoms with Gasteiger partial charge in [-0.25, -0.2) is 4.98 Å². The fourth-order valence-corrected chi connectivity index (χ4v) is 2.18. The third-order valence-electron chi connectivity index (χ3n) is 3.01. The molecule has 1 aromatic rings. The molecule has 1 aliphatic heterocycles. The molecule has 2 heterocycles. The van der Waals surface area contributed by atoms with Gasteiger partial charge in [0, 0.05) is 12.7 Å². The normalized spacial score (nSPS) is 15.8. The van der Waals surface area contributed by atoms with E-state index in [0.29, 0.717) is 18.0 Å². The highest BCUT2D eigenvalue weighted by molar-refractivity contribution is 6.32. The Kier molecular flexibility index (Phi) is 6.39. The van der Waals surface area contributed by atoms with Crippen molar-refractivity contribution in [3.63, 3.8) is 0 Å². The summed E-state index contributed by atoms with van der Waals surface area (Å²) in [5, 5.41) is 6.48. The molecule has 1 saturated heterocycles. The van der Waals surface area contributed by atoms with Crippen LogP contribution in [0.3, 0.4) is 0 Å². The van der Waals surface area contributed by atoms with Crippen LogP contribution in [0.1, 0.15) is 23.2 Å². The fraction of sp³-hybridized carbons (Fsp3) is 0.500. The molecule has 100 valence electrons. The van der Waals surface area contributed by atoms with Crippen LogP contribution in [0.15, 0.2) is 18.3 Å². The van der Waals surface area contributed by atoms with Gasteiger partial charge >= 0.3 is 0 Å². The number of nitrogens with zero attached hydrogens (tertiary/aromatic N) is 1. The molecular weight excluding hydrogens is 273 g/mol. The molecule has 2 N–H and O–H groups in total. The Hall–Kier alpha value is -0.840. The molecule has 0 bridgehead atoms. The van der Waals surface area contributed by atoms with E-state index in [0.717, 1.165) is 25.9 Å². The second kappa shape index (κ2) is 7.56. The van der Waals surface area contributed by atoms with Gasteiger partial charge in [0.1, 0.15) is 5.15 Å². The van der Waals surface area contributed by atoms with Crippen molar-refractivity contribution in [2.24, 2.45) is 5.92 Å². The zero-order valence-corrected chi connectivity index (χ0v) is 11.6. The van der Waals surface area contributed by atoms with Crippen LogP contribution in [0, 0.1) is 5.92 Å². The number of amides is 1. The Morgan fingerprint density at radius 3 is 2.89 bits per heavy atom. The highest BCUT2D eigenvalue weighted by Crippen LogP contribution is 2.13. The van der Waals surface area contributed by atoms with Gasteiger partial charge in [0.15, 0.2) is 0 Å². The van der Waals surface area contributed by atoms with Crippen molar-refractivity contribution in [1.29, 1.82) is 0 Å². The largest absolute Gasteiger partial charge is 0.352 e. The molecule has 2 rings (SSSR count). The van der Waals surface area contributed by atoms with E-state index in [9.17, 15) is 4.79 Å². The molecule has 0 unspecified atom stereocenters. The molecule has 0 spiro atoms. The van der Waals surface area contributed by atoms with Crippen LogP contribution in [0.4, 0.5) is 0 Å². The van der Waals surface area contributed by atoms with Gasteiger partial charge in [0.05, 0.1) is 5.56 Å². The van der Waals surface area contributed by atoms with Crippen LogP contribution in [0.5, 0.6) is 0 Å². The van der Waals surface area contributed by atoms with Gasteiger partial charge in [-0.05, 0) is 44.0 Å². The fourth-order valence-electron chi connectivity index (χ4n) is 1.97. The molecule has 4 nitrogen and oxygen atoms in total. The third-order valence-corrected chi connectivity index (χ3v) is 3.31. The first kappa shape index (κ1) is 15.2. The summed E-state index contributed by atoms with van der Waals surface area (Å²) in [5.74, 6) is 0.428. The highest BCUT2D eigenvalue weighted by atomic mass is 35.5. The molecule has 0 saturated carbocycles. The quantitative estimate of drug-likeness (QED) is 0.836. The maximum atomic E-state index is 11.9. The van der Waals surface area contributed by atoms with Crippen molar-refractivity contribution < 1.29 is 4.79 Å². The minimum Gasteiger partial charge on any atom is -0.352 e. The van der Waals surface area contributed by atoms with Gasteiger partial charge in [-0.15, -0.1) is 12.4 Å². The monoisotopic (exact) mass is 289 g/mol. The van der Waals surface area contributed by atoms with Crippen LogP contribution in [0.25, 0.3) is 0 Å². The van der Waals surface area contributed by atoms with Crippen LogP contribution in [0.2, 0.25) is 5.15 Å². The predicted octanol–water partition coefficient (Wildman–Crippen LogP) is 1.89. The van der Waals surface area contributed by atoms with Gasteiger partial charge in [-0.2, -0.15) is 0 Å². The lowest BCUT2D eigenvalue weighted by atomic mass is 9.98. The second-order valence-electron chi connectivity index (χ2n) is 4.25. The summed E-state index contributed by atoms with van der Waals surface area (Å²) in [6, 6.07) is 3.40. The van der Waals surface area contributed by atoms with E-state index in [4.69, 9.17) is 11.6 Å². The molecule has 0 aromatic carbocycles. The number of rotatable bonds is 3. The molecule has 18 heavy (non-hydrogen) atoms. The molecule has 1 fully saturated rings. The van der Waals surface area contributed by atoms with Gasteiger partial charge in [0.25, 0.3) is 5.91 Å². The maximum absolute atomic E-state index is 11.9. The van der Waals surface area contributed by atoms with Gasteiger partial charge in [-0.3, -0.25) is 4.79 Å². The Bertz CT molecular complexity index is 395. The Morgan fingerprint density at radius 1 is 1.50 bits per heavy atom. The minimum atomic E-state index is -0.137. The lowest BCUT2D eigenvalue weighted by molar-refractivity contribution is 0.0944. The molecule has 0 atom stereocenters. The average Bonchev–Trinajstić information content (AvgIpc) is 2.38. The molecule has 0 aliphatic carbocycles. The van der Waals surface area contributed by atoms with Gasteiger partial charge in [0.2, 0.25) is 0 Å². The average molecular weight is 290 g/mol. The summed E-state index contributed by atoms with van der Waals surface area (Å²) >= 11 is 5.86. The Balaban J connectivity index is 0.00000162. The topological polar surface area (TPSA) is 54.0 Å². The van der Waals surface area contributed by atoms with Crippen molar-refractivity contribution in [1.82, 2.24) is 15.6 Å². The number of hydrogen-bond donors (Lipinski definition) is 2. The molecule has 1 aromatic heterocycles. The summed E-state index contributed by atoms with van der Waals surface area (Å²) in [4.78, 5) is 15.7. The number of nitrogens with one attached hydrogen (secondary N) is 2. The summed E-state index contributed by atoms with van der Waals surface area (Å²) in [6.45, 7) is 2.79. The van der Waals surface area contributed by atoms with Crippen molar-refractivity contribution in [3.8, 4) is 0 Å². The van der Waals surface area contributed by atoms with Crippen LogP contribution in [-0.2, 0) is 0 Å². The number of carbonyl (C=O) groups is 1. The van der Waals surface area contributed by atoms with E-state index in [2.05, 4.69) is 15.6 Å². The Labute approximate surface area is 118 Å². The van der Waals surface area contributed by atoms with Crippen LogP contribution < -0.4 is 10.6 Å². The molecular formula is C12H17Cl2N3O. The van der Waals surface area contributed by atoms with E-state index in [1.165, 1.54) is 0 Å². The SMILES string of the molecule is Cl.O=C(NCC1CCNCC1)c1cccnc1Cl. The van der Waals surface area contributed by atoms with Crippen LogP contribution in [-0.4, -0.2) is 30.5 Å². The first-order chi connectivity index (χ1) is 8.27. The van der Waals surface area contributed by atoms with Crippen molar-refractivity contribution in [3.05, 3.63) is 29.0 Å². The molecule has 6 heteroatoms. The first-order valence-electron chi connectivity index (χ1n) is 5.87. The zero-order valence-electron chi connectivity index (χ0n) is 9.99. The summed E-state index contributed by atoms with van der Waals surface area (Å²) in [6.07, 6.45) is 3.80. The van der Waals surface area contributed by atoms with E-state index >= 15 is 0 Å².